The van der Waals surface area contributed by atoms with Crippen molar-refractivity contribution in [3.8, 4) is 0 Å². The molecule has 5 nitrogen and oxygen atoms in total. The summed E-state index contributed by atoms with van der Waals surface area (Å²) in [5, 5.41) is 0. The highest BCUT2D eigenvalue weighted by Crippen LogP contribution is 2.22. The largest absolute Gasteiger partial charge is 0.399 e. The topological polar surface area (TPSA) is 75.4 Å². The summed E-state index contributed by atoms with van der Waals surface area (Å²) < 4.78 is 53.6. The van der Waals surface area contributed by atoms with Crippen molar-refractivity contribution >= 4 is 15.7 Å². The summed E-state index contributed by atoms with van der Waals surface area (Å²) in [5.41, 5.74) is 5.24. The van der Waals surface area contributed by atoms with E-state index in [1.165, 1.54) is 0 Å². The van der Waals surface area contributed by atoms with Gasteiger partial charge in [-0.1, -0.05) is 0 Å². The second-order valence-corrected chi connectivity index (χ2v) is 6.72. The second-order valence-electron chi connectivity index (χ2n) is 5.04. The van der Waals surface area contributed by atoms with E-state index in [0.29, 0.717) is 13.0 Å². The van der Waals surface area contributed by atoms with Gasteiger partial charge in [0.15, 0.2) is 11.6 Å². The average molecular weight is 305 g/mol. The number of benzene rings is 1. The zero-order chi connectivity index (χ0) is 14.9. The first kappa shape index (κ1) is 15.1. The van der Waals surface area contributed by atoms with Gasteiger partial charge < -0.3 is 10.6 Å². The summed E-state index contributed by atoms with van der Waals surface area (Å²) in [6.45, 7) is 1.42. The summed E-state index contributed by atoms with van der Waals surface area (Å²) in [6.07, 6.45) is 1.51. The Morgan fingerprint density at radius 2 is 2.10 bits per heavy atom. The highest BCUT2D eigenvalue weighted by atomic mass is 32.2. The predicted octanol–water partition coefficient (Wildman–Crippen LogP) is 0.919. The third kappa shape index (κ3) is 3.25. The van der Waals surface area contributed by atoms with Crippen molar-refractivity contribution in [2.45, 2.75) is 23.8 Å². The zero-order valence-electron chi connectivity index (χ0n) is 11.1. The molecule has 1 aliphatic heterocycles. The number of hydrogen-bond donors (Lipinski definition) is 2. The fourth-order valence-corrected chi connectivity index (χ4v) is 3.71. The molecule has 2 rings (SSSR count). The van der Waals surface area contributed by atoms with E-state index in [-0.39, 0.29) is 11.7 Å². The van der Waals surface area contributed by atoms with Crippen LogP contribution in [0.2, 0.25) is 0 Å². The molecule has 1 aliphatic rings. The molecular weight excluding hydrogens is 288 g/mol. The molecule has 1 saturated heterocycles. The number of rotatable bonds is 3. The summed E-state index contributed by atoms with van der Waals surface area (Å²) in [6, 6.07) is 1.36. The maximum Gasteiger partial charge on any atom is 0.243 e. The Labute approximate surface area is 116 Å². The molecule has 20 heavy (non-hydrogen) atoms. The van der Waals surface area contributed by atoms with Crippen LogP contribution in [-0.2, 0) is 10.0 Å². The average Bonchev–Trinajstić information content (AvgIpc) is 2.33. The van der Waals surface area contributed by atoms with Gasteiger partial charge in [-0.05, 0) is 38.6 Å². The molecule has 0 spiro atoms. The number of anilines is 1. The van der Waals surface area contributed by atoms with Crippen LogP contribution in [0.25, 0.3) is 0 Å². The van der Waals surface area contributed by atoms with Crippen LogP contribution in [0.4, 0.5) is 14.5 Å². The van der Waals surface area contributed by atoms with Gasteiger partial charge in [0.05, 0.1) is 0 Å². The lowest BCUT2D eigenvalue weighted by molar-refractivity contribution is 0.242. The molecule has 3 N–H and O–H groups in total. The number of nitrogens with zero attached hydrogens (tertiary/aromatic N) is 1. The van der Waals surface area contributed by atoms with Crippen molar-refractivity contribution in [3.05, 3.63) is 23.8 Å². The van der Waals surface area contributed by atoms with Gasteiger partial charge >= 0.3 is 0 Å². The lowest BCUT2D eigenvalue weighted by Gasteiger charge is -2.30. The number of halogens is 2. The van der Waals surface area contributed by atoms with Crippen LogP contribution in [0, 0.1) is 11.6 Å². The Hall–Kier alpha value is -1.25. The van der Waals surface area contributed by atoms with E-state index >= 15 is 0 Å². The molecule has 1 heterocycles. The number of piperidine rings is 1. The van der Waals surface area contributed by atoms with Crippen molar-refractivity contribution in [2.75, 3.05) is 25.9 Å². The van der Waals surface area contributed by atoms with E-state index in [9.17, 15) is 17.2 Å². The van der Waals surface area contributed by atoms with Crippen LogP contribution in [0.15, 0.2) is 17.0 Å². The van der Waals surface area contributed by atoms with Crippen LogP contribution >= 0.6 is 0 Å². The minimum absolute atomic E-state index is 0.134. The second kappa shape index (κ2) is 5.63. The number of nitrogen functional groups attached to an aromatic ring is 1. The maximum atomic E-state index is 13.6. The van der Waals surface area contributed by atoms with E-state index in [1.807, 2.05) is 11.9 Å². The van der Waals surface area contributed by atoms with E-state index in [4.69, 9.17) is 5.73 Å². The third-order valence-corrected chi connectivity index (χ3v) is 4.77. The van der Waals surface area contributed by atoms with Gasteiger partial charge in [0.25, 0.3) is 0 Å². The van der Waals surface area contributed by atoms with Crippen molar-refractivity contribution in [1.82, 2.24) is 9.62 Å². The molecule has 0 radical (unpaired) electrons. The smallest absolute Gasteiger partial charge is 0.243 e. The number of sulfonamides is 1. The van der Waals surface area contributed by atoms with E-state index in [1.54, 1.807) is 0 Å². The van der Waals surface area contributed by atoms with E-state index < -0.39 is 26.6 Å². The molecule has 1 unspecified atom stereocenters. The van der Waals surface area contributed by atoms with Gasteiger partial charge in [-0.2, -0.15) is 0 Å². The molecule has 1 aromatic carbocycles. The van der Waals surface area contributed by atoms with E-state index in [2.05, 4.69) is 4.72 Å². The first-order valence-electron chi connectivity index (χ1n) is 6.25. The molecule has 0 aliphatic carbocycles. The minimum Gasteiger partial charge on any atom is -0.399 e. The Kier molecular flexibility index (Phi) is 4.26. The van der Waals surface area contributed by atoms with Gasteiger partial charge in [0, 0.05) is 18.3 Å². The van der Waals surface area contributed by atoms with Crippen molar-refractivity contribution in [1.29, 1.82) is 0 Å². The quantitative estimate of drug-likeness (QED) is 0.814. The molecule has 1 atom stereocenters. The third-order valence-electron chi connectivity index (χ3n) is 3.25. The molecule has 0 bridgehead atoms. The number of likely N-dealkylation sites (tertiary alicyclic amines) is 1. The van der Waals surface area contributed by atoms with Crippen LogP contribution in [0.5, 0.6) is 0 Å². The summed E-state index contributed by atoms with van der Waals surface area (Å²) >= 11 is 0. The summed E-state index contributed by atoms with van der Waals surface area (Å²) in [4.78, 5) is 1.23. The zero-order valence-corrected chi connectivity index (χ0v) is 11.9. The predicted molar refractivity (Wildman–Crippen MR) is 71.6 cm³/mol. The maximum absolute atomic E-state index is 13.6. The number of nitrogens with two attached hydrogens (primary N) is 1. The summed E-state index contributed by atoms with van der Waals surface area (Å²) in [7, 11) is -2.25. The van der Waals surface area contributed by atoms with Crippen LogP contribution in [0.1, 0.15) is 12.8 Å². The fraction of sp³-hybridized carbons (Fsp3) is 0.500. The lowest BCUT2D eigenvalue weighted by atomic mass is 10.1. The van der Waals surface area contributed by atoms with Crippen LogP contribution in [-0.4, -0.2) is 39.5 Å². The van der Waals surface area contributed by atoms with Gasteiger partial charge in [0.2, 0.25) is 10.0 Å². The summed E-state index contributed by atoms with van der Waals surface area (Å²) in [5.74, 6) is -2.68. The van der Waals surface area contributed by atoms with Gasteiger partial charge in [0.1, 0.15) is 4.90 Å². The molecule has 1 fully saturated rings. The van der Waals surface area contributed by atoms with Crippen molar-refractivity contribution in [2.24, 2.45) is 0 Å². The Bertz CT molecular complexity index is 607. The standard InChI is InChI=1S/C12H17F2N3O2S/c1-17-4-2-3-9(7-17)16-20(18,19)11-6-8(15)5-10(13)12(11)14/h5-6,9,16H,2-4,7,15H2,1H3. The minimum atomic E-state index is -4.13. The monoisotopic (exact) mass is 305 g/mol. The van der Waals surface area contributed by atoms with Gasteiger partial charge in [-0.15, -0.1) is 0 Å². The molecule has 1 aromatic rings. The number of hydrogen-bond acceptors (Lipinski definition) is 4. The van der Waals surface area contributed by atoms with Crippen molar-refractivity contribution < 1.29 is 17.2 Å². The lowest BCUT2D eigenvalue weighted by Crippen LogP contribution is -2.46. The Balaban J connectivity index is 2.26. The van der Waals surface area contributed by atoms with Gasteiger partial charge in [-0.25, -0.2) is 21.9 Å². The van der Waals surface area contributed by atoms with Crippen LogP contribution in [0.3, 0.4) is 0 Å². The highest BCUT2D eigenvalue weighted by molar-refractivity contribution is 7.89. The number of nitrogens with one attached hydrogen (secondary N) is 1. The molecule has 0 saturated carbocycles. The normalized spacial score (nSPS) is 21.1. The Morgan fingerprint density at radius 1 is 1.40 bits per heavy atom. The molecule has 0 amide bonds. The SMILES string of the molecule is CN1CCCC(NS(=O)(=O)c2cc(N)cc(F)c2F)C1. The van der Waals surface area contributed by atoms with Crippen molar-refractivity contribution in [3.63, 3.8) is 0 Å². The molecule has 0 aromatic heterocycles. The molecule has 8 heteroatoms. The van der Waals surface area contributed by atoms with Crippen LogP contribution < -0.4 is 10.5 Å². The Morgan fingerprint density at radius 3 is 2.75 bits per heavy atom. The first-order chi connectivity index (χ1) is 9.29. The fourth-order valence-electron chi connectivity index (χ4n) is 2.32. The molecule has 112 valence electrons. The molecular formula is C12H17F2N3O2S. The number of likely N-dealkylation sites (N-methyl/N-ethyl adjacent to an activating group) is 1. The van der Waals surface area contributed by atoms with E-state index in [0.717, 1.165) is 25.1 Å². The first-order valence-corrected chi connectivity index (χ1v) is 7.73. The highest BCUT2D eigenvalue weighted by Gasteiger charge is 2.27. The van der Waals surface area contributed by atoms with Gasteiger partial charge in [-0.3, -0.25) is 0 Å².